The molecule has 1 heterocycles. The number of carbonyl (C=O) groups excluding carboxylic acids is 1. The van der Waals surface area contributed by atoms with Crippen molar-refractivity contribution in [3.63, 3.8) is 0 Å². The fourth-order valence-corrected chi connectivity index (χ4v) is 2.45. The number of anilines is 1. The van der Waals surface area contributed by atoms with E-state index >= 15 is 0 Å². The molecule has 3 nitrogen and oxygen atoms in total. The topological polar surface area (TPSA) is 42.0 Å². The molecule has 0 fully saturated rings. The molecule has 0 aliphatic carbocycles. The third-order valence-electron chi connectivity index (χ3n) is 2.55. The zero-order chi connectivity index (χ0) is 16.2. The SMILES string of the molecule is O=C(CSc1ccccn1)Nc1ccc(Cl)cc1C(F)(F)F. The zero-order valence-corrected chi connectivity index (χ0v) is 12.6. The van der Waals surface area contributed by atoms with E-state index < -0.39 is 17.6 Å². The van der Waals surface area contributed by atoms with Gasteiger partial charge in [-0.15, -0.1) is 0 Å². The first-order chi connectivity index (χ1) is 10.4. The number of rotatable bonds is 4. The van der Waals surface area contributed by atoms with Crippen molar-refractivity contribution < 1.29 is 18.0 Å². The maximum Gasteiger partial charge on any atom is 0.418 e. The Morgan fingerprint density at radius 1 is 1.27 bits per heavy atom. The Hall–Kier alpha value is -1.73. The third-order valence-corrected chi connectivity index (χ3v) is 3.73. The van der Waals surface area contributed by atoms with Crippen LogP contribution in [0.2, 0.25) is 5.02 Å². The van der Waals surface area contributed by atoms with E-state index in [-0.39, 0.29) is 16.5 Å². The van der Waals surface area contributed by atoms with Gasteiger partial charge in [0, 0.05) is 11.2 Å². The maximum absolute atomic E-state index is 12.9. The summed E-state index contributed by atoms with van der Waals surface area (Å²) >= 11 is 6.71. The van der Waals surface area contributed by atoms with Crippen LogP contribution < -0.4 is 5.32 Å². The summed E-state index contributed by atoms with van der Waals surface area (Å²) in [5, 5.41) is 2.82. The Morgan fingerprint density at radius 3 is 2.68 bits per heavy atom. The predicted octanol–water partition coefficient (Wildman–Crippen LogP) is 4.48. The van der Waals surface area contributed by atoms with Gasteiger partial charge in [0.1, 0.15) is 0 Å². The van der Waals surface area contributed by atoms with Crippen molar-refractivity contribution >= 4 is 35.0 Å². The van der Waals surface area contributed by atoms with Gasteiger partial charge < -0.3 is 5.32 Å². The van der Waals surface area contributed by atoms with Crippen LogP contribution in [-0.4, -0.2) is 16.6 Å². The Labute approximate surface area is 133 Å². The van der Waals surface area contributed by atoms with Crippen LogP contribution in [0.25, 0.3) is 0 Å². The van der Waals surface area contributed by atoms with E-state index in [4.69, 9.17) is 11.6 Å². The van der Waals surface area contributed by atoms with Crippen LogP contribution in [0.3, 0.4) is 0 Å². The molecule has 1 amide bonds. The summed E-state index contributed by atoms with van der Waals surface area (Å²) < 4.78 is 38.7. The summed E-state index contributed by atoms with van der Waals surface area (Å²) in [7, 11) is 0. The normalized spacial score (nSPS) is 11.3. The highest BCUT2D eigenvalue weighted by Crippen LogP contribution is 2.36. The second kappa shape index (κ2) is 7.02. The molecule has 1 N–H and O–H groups in total. The number of nitrogens with one attached hydrogen (secondary N) is 1. The van der Waals surface area contributed by atoms with Crippen LogP contribution in [0.15, 0.2) is 47.6 Å². The number of thioether (sulfide) groups is 1. The van der Waals surface area contributed by atoms with Gasteiger partial charge in [0.15, 0.2) is 0 Å². The van der Waals surface area contributed by atoms with Crippen LogP contribution in [-0.2, 0) is 11.0 Å². The average Bonchev–Trinajstić information content (AvgIpc) is 2.47. The molecule has 0 bridgehead atoms. The first-order valence-electron chi connectivity index (χ1n) is 6.06. The molecule has 0 atom stereocenters. The van der Waals surface area contributed by atoms with Gasteiger partial charge in [0.05, 0.1) is 22.0 Å². The zero-order valence-electron chi connectivity index (χ0n) is 11.0. The Kier molecular flexibility index (Phi) is 5.31. The molecule has 0 unspecified atom stereocenters. The summed E-state index contributed by atoms with van der Waals surface area (Å²) in [6.07, 6.45) is -3.02. The largest absolute Gasteiger partial charge is 0.418 e. The summed E-state index contributed by atoms with van der Waals surface area (Å²) in [5.74, 6) is -0.597. The monoisotopic (exact) mass is 346 g/mol. The van der Waals surface area contributed by atoms with Gasteiger partial charge in [0.2, 0.25) is 5.91 Å². The van der Waals surface area contributed by atoms with E-state index in [1.165, 1.54) is 6.07 Å². The quantitative estimate of drug-likeness (QED) is 0.830. The fraction of sp³-hybridized carbons (Fsp3) is 0.143. The van der Waals surface area contributed by atoms with Crippen molar-refractivity contribution in [1.82, 2.24) is 4.98 Å². The van der Waals surface area contributed by atoms with Gasteiger partial charge in [-0.05, 0) is 30.3 Å². The van der Waals surface area contributed by atoms with Crippen LogP contribution in [0, 0.1) is 0 Å². The number of nitrogens with zero attached hydrogens (tertiary/aromatic N) is 1. The molecule has 8 heteroatoms. The second-order valence-electron chi connectivity index (χ2n) is 4.19. The molecule has 2 aromatic rings. The Bertz CT molecular complexity index is 665. The Balaban J connectivity index is 2.06. The number of hydrogen-bond donors (Lipinski definition) is 1. The van der Waals surface area contributed by atoms with Crippen molar-refractivity contribution in [3.8, 4) is 0 Å². The molecule has 0 aliphatic heterocycles. The third kappa shape index (κ3) is 4.64. The molecule has 116 valence electrons. The first kappa shape index (κ1) is 16.6. The molecule has 0 spiro atoms. The lowest BCUT2D eigenvalue weighted by Gasteiger charge is -2.14. The predicted molar refractivity (Wildman–Crippen MR) is 80.0 cm³/mol. The standard InChI is InChI=1S/C14H10ClF3N2OS/c15-9-4-5-11(10(7-9)14(16,17)18)20-12(21)8-22-13-3-1-2-6-19-13/h1-7H,8H2,(H,20,21). The van der Waals surface area contributed by atoms with Crippen LogP contribution in [0.5, 0.6) is 0 Å². The minimum atomic E-state index is -4.60. The maximum atomic E-state index is 12.9. The lowest BCUT2D eigenvalue weighted by molar-refractivity contribution is -0.137. The molecule has 22 heavy (non-hydrogen) atoms. The number of carbonyl (C=O) groups is 1. The van der Waals surface area contributed by atoms with Crippen LogP contribution in [0.1, 0.15) is 5.56 Å². The molecule has 0 saturated heterocycles. The number of benzene rings is 1. The van der Waals surface area contributed by atoms with E-state index in [0.29, 0.717) is 5.03 Å². The average molecular weight is 347 g/mol. The fourth-order valence-electron chi connectivity index (χ4n) is 1.62. The molecule has 0 saturated carbocycles. The Morgan fingerprint density at radius 2 is 2.05 bits per heavy atom. The minimum Gasteiger partial charge on any atom is -0.325 e. The van der Waals surface area contributed by atoms with E-state index in [1.54, 1.807) is 24.4 Å². The molecule has 1 aromatic heterocycles. The lowest BCUT2D eigenvalue weighted by atomic mass is 10.1. The van der Waals surface area contributed by atoms with Gasteiger partial charge in [-0.1, -0.05) is 29.4 Å². The number of alkyl halides is 3. The van der Waals surface area contributed by atoms with E-state index in [9.17, 15) is 18.0 Å². The summed E-state index contributed by atoms with van der Waals surface area (Å²) in [5.41, 5.74) is -1.29. The van der Waals surface area contributed by atoms with Crippen molar-refractivity contribution in [3.05, 3.63) is 53.2 Å². The lowest BCUT2D eigenvalue weighted by Crippen LogP contribution is -2.18. The first-order valence-corrected chi connectivity index (χ1v) is 7.43. The molecule has 0 radical (unpaired) electrons. The number of hydrogen-bond acceptors (Lipinski definition) is 3. The van der Waals surface area contributed by atoms with Crippen molar-refractivity contribution in [2.24, 2.45) is 0 Å². The van der Waals surface area contributed by atoms with E-state index in [2.05, 4.69) is 10.3 Å². The summed E-state index contributed by atoms with van der Waals surface area (Å²) in [6, 6.07) is 8.40. The van der Waals surface area contributed by atoms with Gasteiger partial charge in [-0.3, -0.25) is 4.79 Å². The second-order valence-corrected chi connectivity index (χ2v) is 5.62. The number of aromatic nitrogens is 1. The van der Waals surface area contributed by atoms with Gasteiger partial charge in [0.25, 0.3) is 0 Å². The van der Waals surface area contributed by atoms with Gasteiger partial charge in [-0.25, -0.2) is 4.98 Å². The highest BCUT2D eigenvalue weighted by Gasteiger charge is 2.34. The molecule has 1 aromatic carbocycles. The highest BCUT2D eigenvalue weighted by atomic mass is 35.5. The molecular weight excluding hydrogens is 337 g/mol. The van der Waals surface area contributed by atoms with E-state index in [1.807, 2.05) is 0 Å². The van der Waals surface area contributed by atoms with E-state index in [0.717, 1.165) is 23.9 Å². The number of amides is 1. The molecular formula is C14H10ClF3N2OS. The smallest absolute Gasteiger partial charge is 0.325 e. The molecule has 2 rings (SSSR count). The minimum absolute atomic E-state index is 0.0447. The van der Waals surface area contributed by atoms with Crippen LogP contribution >= 0.6 is 23.4 Å². The number of halogens is 4. The van der Waals surface area contributed by atoms with Crippen molar-refractivity contribution in [1.29, 1.82) is 0 Å². The van der Waals surface area contributed by atoms with Crippen molar-refractivity contribution in [2.75, 3.05) is 11.1 Å². The number of pyridine rings is 1. The van der Waals surface area contributed by atoms with Crippen LogP contribution in [0.4, 0.5) is 18.9 Å². The van der Waals surface area contributed by atoms with Gasteiger partial charge in [-0.2, -0.15) is 13.2 Å². The summed E-state index contributed by atoms with van der Waals surface area (Å²) in [4.78, 5) is 15.8. The summed E-state index contributed by atoms with van der Waals surface area (Å²) in [6.45, 7) is 0. The highest BCUT2D eigenvalue weighted by molar-refractivity contribution is 7.99. The molecule has 0 aliphatic rings. The van der Waals surface area contributed by atoms with Gasteiger partial charge >= 0.3 is 6.18 Å². The van der Waals surface area contributed by atoms with Crippen molar-refractivity contribution in [2.45, 2.75) is 11.2 Å².